The molecule has 2 N–H and O–H groups in total. The van der Waals surface area contributed by atoms with Crippen molar-refractivity contribution in [1.82, 2.24) is 0 Å². The monoisotopic (exact) mass is 259 g/mol. The van der Waals surface area contributed by atoms with E-state index in [1.165, 1.54) is 25.7 Å². The van der Waals surface area contributed by atoms with Crippen molar-refractivity contribution in [3.8, 4) is 0 Å². The third-order valence-electron chi connectivity index (χ3n) is 3.44. The van der Waals surface area contributed by atoms with E-state index in [4.69, 9.17) is 22.7 Å². The molecule has 0 aromatic heterocycles. The SMILES string of the molecule is CCCCC(CC)COCCC(C)(C)C(N)=S. The molecule has 0 saturated heterocycles. The van der Waals surface area contributed by atoms with Gasteiger partial charge in [-0.15, -0.1) is 0 Å². The Hall–Kier alpha value is -0.150. The first-order chi connectivity index (χ1) is 7.94. The van der Waals surface area contributed by atoms with Gasteiger partial charge < -0.3 is 10.5 Å². The van der Waals surface area contributed by atoms with Gasteiger partial charge in [0.15, 0.2) is 0 Å². The molecule has 0 bridgehead atoms. The van der Waals surface area contributed by atoms with Gasteiger partial charge in [-0.05, 0) is 18.8 Å². The fourth-order valence-electron chi connectivity index (χ4n) is 1.60. The van der Waals surface area contributed by atoms with Crippen molar-refractivity contribution in [3.63, 3.8) is 0 Å². The van der Waals surface area contributed by atoms with E-state index < -0.39 is 0 Å². The smallest absolute Gasteiger partial charge is 0.0785 e. The molecule has 0 aliphatic heterocycles. The van der Waals surface area contributed by atoms with Crippen LogP contribution < -0.4 is 5.73 Å². The predicted octanol–water partition coefficient (Wildman–Crippen LogP) is 3.92. The average Bonchev–Trinajstić information content (AvgIpc) is 2.28. The molecular formula is C14H29NOS. The number of thiocarbonyl (C=S) groups is 1. The number of nitrogens with two attached hydrogens (primary N) is 1. The Morgan fingerprint density at radius 1 is 1.35 bits per heavy atom. The van der Waals surface area contributed by atoms with Gasteiger partial charge in [-0.1, -0.05) is 59.2 Å². The van der Waals surface area contributed by atoms with Crippen molar-refractivity contribution in [3.05, 3.63) is 0 Å². The van der Waals surface area contributed by atoms with E-state index in [1.807, 2.05) is 0 Å². The van der Waals surface area contributed by atoms with Gasteiger partial charge in [0.2, 0.25) is 0 Å². The molecule has 0 fully saturated rings. The van der Waals surface area contributed by atoms with Crippen LogP contribution in [-0.4, -0.2) is 18.2 Å². The Morgan fingerprint density at radius 2 is 2.00 bits per heavy atom. The number of unbranched alkanes of at least 4 members (excludes halogenated alkanes) is 1. The molecule has 0 spiro atoms. The molecule has 1 unspecified atom stereocenters. The van der Waals surface area contributed by atoms with E-state index in [-0.39, 0.29) is 5.41 Å². The molecule has 0 aliphatic rings. The summed E-state index contributed by atoms with van der Waals surface area (Å²) in [5.41, 5.74) is 5.60. The lowest BCUT2D eigenvalue weighted by Crippen LogP contribution is -2.31. The Balaban J connectivity index is 3.71. The Labute approximate surface area is 112 Å². The summed E-state index contributed by atoms with van der Waals surface area (Å²) in [6.45, 7) is 10.3. The maximum Gasteiger partial charge on any atom is 0.0785 e. The molecule has 0 rings (SSSR count). The molecule has 17 heavy (non-hydrogen) atoms. The van der Waals surface area contributed by atoms with Gasteiger partial charge in [0.05, 0.1) is 4.99 Å². The number of hydrogen-bond acceptors (Lipinski definition) is 2. The van der Waals surface area contributed by atoms with Crippen molar-refractivity contribution in [2.75, 3.05) is 13.2 Å². The zero-order valence-electron chi connectivity index (χ0n) is 11.9. The molecule has 3 heteroatoms. The van der Waals surface area contributed by atoms with E-state index in [1.54, 1.807) is 0 Å². The molecule has 0 heterocycles. The first kappa shape index (κ1) is 16.9. The van der Waals surface area contributed by atoms with Gasteiger partial charge in [0.25, 0.3) is 0 Å². The lowest BCUT2D eigenvalue weighted by molar-refractivity contribution is 0.0814. The first-order valence-electron chi connectivity index (χ1n) is 6.81. The molecule has 0 amide bonds. The van der Waals surface area contributed by atoms with Crippen molar-refractivity contribution < 1.29 is 4.74 Å². The zero-order chi connectivity index (χ0) is 13.3. The molecule has 0 aromatic carbocycles. The molecule has 0 radical (unpaired) electrons. The standard InChI is InChI=1S/C14H29NOS/c1-5-7-8-12(6-2)11-16-10-9-14(3,4)13(15)17/h12H,5-11H2,1-4H3,(H2,15,17). The van der Waals surface area contributed by atoms with Gasteiger partial charge >= 0.3 is 0 Å². The minimum Gasteiger partial charge on any atom is -0.393 e. The molecule has 0 aliphatic carbocycles. The Bertz CT molecular complexity index is 216. The van der Waals surface area contributed by atoms with Crippen molar-refractivity contribution >= 4 is 17.2 Å². The largest absolute Gasteiger partial charge is 0.393 e. The molecule has 102 valence electrons. The summed E-state index contributed by atoms with van der Waals surface area (Å²) < 4.78 is 5.75. The lowest BCUT2D eigenvalue weighted by Gasteiger charge is -2.23. The predicted molar refractivity (Wildman–Crippen MR) is 79.3 cm³/mol. The van der Waals surface area contributed by atoms with E-state index in [0.29, 0.717) is 10.9 Å². The molecule has 2 nitrogen and oxygen atoms in total. The van der Waals surface area contributed by atoms with Gasteiger partial charge in [-0.3, -0.25) is 0 Å². The topological polar surface area (TPSA) is 35.2 Å². The van der Waals surface area contributed by atoms with Gasteiger partial charge in [0, 0.05) is 18.6 Å². The van der Waals surface area contributed by atoms with Crippen LogP contribution in [0.2, 0.25) is 0 Å². The molecular weight excluding hydrogens is 230 g/mol. The fraction of sp³-hybridized carbons (Fsp3) is 0.929. The van der Waals surface area contributed by atoms with Crippen LogP contribution in [0.5, 0.6) is 0 Å². The van der Waals surface area contributed by atoms with E-state index >= 15 is 0 Å². The summed E-state index contributed by atoms with van der Waals surface area (Å²) in [6.07, 6.45) is 5.97. The highest BCUT2D eigenvalue weighted by atomic mass is 32.1. The first-order valence-corrected chi connectivity index (χ1v) is 7.22. The van der Waals surface area contributed by atoms with Gasteiger partial charge in [-0.2, -0.15) is 0 Å². The highest BCUT2D eigenvalue weighted by molar-refractivity contribution is 7.80. The highest BCUT2D eigenvalue weighted by Gasteiger charge is 2.20. The van der Waals surface area contributed by atoms with Crippen LogP contribution in [0.15, 0.2) is 0 Å². The minimum atomic E-state index is -0.0829. The summed E-state index contributed by atoms with van der Waals surface area (Å²) in [5, 5.41) is 0. The minimum absolute atomic E-state index is 0.0829. The molecule has 0 aromatic rings. The van der Waals surface area contributed by atoms with E-state index in [2.05, 4.69) is 27.7 Å². The van der Waals surface area contributed by atoms with Crippen LogP contribution in [0.25, 0.3) is 0 Å². The second-order valence-electron chi connectivity index (χ2n) is 5.49. The van der Waals surface area contributed by atoms with Crippen LogP contribution in [0.4, 0.5) is 0 Å². The van der Waals surface area contributed by atoms with Crippen LogP contribution in [0.1, 0.15) is 59.8 Å². The average molecular weight is 259 g/mol. The maximum absolute atomic E-state index is 5.75. The van der Waals surface area contributed by atoms with Crippen molar-refractivity contribution in [2.45, 2.75) is 59.8 Å². The number of hydrogen-bond donors (Lipinski definition) is 1. The summed E-state index contributed by atoms with van der Waals surface area (Å²) in [4.78, 5) is 0.583. The second kappa shape index (κ2) is 8.87. The van der Waals surface area contributed by atoms with Crippen molar-refractivity contribution in [2.24, 2.45) is 17.1 Å². The van der Waals surface area contributed by atoms with Crippen LogP contribution in [-0.2, 0) is 4.74 Å². The zero-order valence-corrected chi connectivity index (χ0v) is 12.7. The quantitative estimate of drug-likeness (QED) is 0.477. The highest BCUT2D eigenvalue weighted by Crippen LogP contribution is 2.21. The molecule has 1 atom stereocenters. The summed E-state index contributed by atoms with van der Waals surface area (Å²) >= 11 is 5.04. The van der Waals surface area contributed by atoms with E-state index in [0.717, 1.165) is 19.6 Å². The maximum atomic E-state index is 5.75. The number of ether oxygens (including phenoxy) is 1. The fourth-order valence-corrected chi connectivity index (χ4v) is 1.70. The van der Waals surface area contributed by atoms with E-state index in [9.17, 15) is 0 Å². The Kier molecular flexibility index (Phi) is 8.79. The van der Waals surface area contributed by atoms with Crippen LogP contribution >= 0.6 is 12.2 Å². The second-order valence-corrected chi connectivity index (χ2v) is 5.93. The summed E-state index contributed by atoms with van der Waals surface area (Å²) in [6, 6.07) is 0. The lowest BCUT2D eigenvalue weighted by atomic mass is 9.90. The van der Waals surface area contributed by atoms with Crippen LogP contribution in [0, 0.1) is 11.3 Å². The number of rotatable bonds is 10. The van der Waals surface area contributed by atoms with Crippen molar-refractivity contribution in [1.29, 1.82) is 0 Å². The van der Waals surface area contributed by atoms with Gasteiger partial charge in [0.1, 0.15) is 0 Å². The van der Waals surface area contributed by atoms with Crippen LogP contribution in [0.3, 0.4) is 0 Å². The summed E-state index contributed by atoms with van der Waals surface area (Å²) in [7, 11) is 0. The normalized spacial score (nSPS) is 13.6. The Morgan fingerprint density at radius 3 is 2.47 bits per heavy atom. The molecule has 0 saturated carbocycles. The third-order valence-corrected chi connectivity index (χ3v) is 3.99. The van der Waals surface area contributed by atoms with Gasteiger partial charge in [-0.25, -0.2) is 0 Å². The summed E-state index contributed by atoms with van der Waals surface area (Å²) in [5.74, 6) is 0.711. The third kappa shape index (κ3) is 7.72.